The van der Waals surface area contributed by atoms with E-state index in [1.54, 1.807) is 13.8 Å². The highest BCUT2D eigenvalue weighted by molar-refractivity contribution is 5.79. The minimum Gasteiger partial charge on any atom is -0.355 e. The Morgan fingerprint density at radius 3 is 2.58 bits per heavy atom. The molecule has 0 aromatic carbocycles. The number of hydrogen-bond donors (Lipinski definition) is 2. The van der Waals surface area contributed by atoms with Gasteiger partial charge in [-0.2, -0.15) is 13.9 Å². The van der Waals surface area contributed by atoms with E-state index in [0.29, 0.717) is 34.7 Å². The van der Waals surface area contributed by atoms with Crippen molar-refractivity contribution < 1.29 is 13.6 Å². The van der Waals surface area contributed by atoms with Crippen molar-refractivity contribution in [2.45, 2.75) is 33.7 Å². The summed E-state index contributed by atoms with van der Waals surface area (Å²) < 4.78 is 25.9. The van der Waals surface area contributed by atoms with Crippen LogP contribution in [0.3, 0.4) is 0 Å². The Hall–Kier alpha value is -1.50. The van der Waals surface area contributed by atoms with E-state index < -0.39 is 6.55 Å². The third-order valence-corrected chi connectivity index (χ3v) is 2.87. The highest BCUT2D eigenvalue weighted by Gasteiger charge is 2.18. The molecule has 0 aliphatic rings. The molecule has 7 heteroatoms. The maximum Gasteiger partial charge on any atom is 0.333 e. The summed E-state index contributed by atoms with van der Waals surface area (Å²) in [7, 11) is 0. The second kappa shape index (κ2) is 7.18. The van der Waals surface area contributed by atoms with Crippen LogP contribution in [0.25, 0.3) is 0 Å². The first-order chi connectivity index (χ1) is 8.97. The quantitative estimate of drug-likeness (QED) is 0.734. The zero-order chi connectivity index (χ0) is 14.4. The molecule has 1 aromatic heterocycles. The predicted octanol–water partition coefficient (Wildman–Crippen LogP) is 1.16. The molecule has 0 atom stereocenters. The van der Waals surface area contributed by atoms with Crippen LogP contribution in [-0.4, -0.2) is 35.3 Å². The molecular formula is C12H20F2N4O. The van der Waals surface area contributed by atoms with E-state index in [4.69, 9.17) is 0 Å². The van der Waals surface area contributed by atoms with Crippen LogP contribution in [0.1, 0.15) is 30.4 Å². The summed E-state index contributed by atoms with van der Waals surface area (Å²) in [6, 6.07) is 0. The minimum absolute atomic E-state index is 0.0799. The summed E-state index contributed by atoms with van der Waals surface area (Å²) in [6.07, 6.45) is 0.0799. The van der Waals surface area contributed by atoms with E-state index in [-0.39, 0.29) is 12.3 Å². The Bertz CT molecular complexity index is 432. The molecule has 0 unspecified atom stereocenters. The number of carbonyl (C=O) groups excluding carboxylic acids is 1. The number of nitrogens with one attached hydrogen (secondary N) is 2. The summed E-state index contributed by atoms with van der Waals surface area (Å²) in [5.74, 6) is -0.182. The molecule has 2 N–H and O–H groups in total. The lowest BCUT2D eigenvalue weighted by atomic mass is 10.1. The Balaban J connectivity index is 2.59. The molecule has 0 saturated carbocycles. The Morgan fingerprint density at radius 1 is 1.37 bits per heavy atom. The Kier molecular flexibility index (Phi) is 5.88. The number of aromatic nitrogens is 2. The molecule has 0 saturated heterocycles. The van der Waals surface area contributed by atoms with E-state index in [2.05, 4.69) is 15.7 Å². The molecule has 1 aromatic rings. The molecule has 5 nitrogen and oxygen atoms in total. The van der Waals surface area contributed by atoms with Crippen LogP contribution in [0.5, 0.6) is 0 Å². The normalized spacial score (nSPS) is 11.1. The number of halogens is 2. The third kappa shape index (κ3) is 4.27. The van der Waals surface area contributed by atoms with Crippen LogP contribution in [0.15, 0.2) is 0 Å². The molecule has 0 aliphatic heterocycles. The molecule has 1 amide bonds. The maximum atomic E-state index is 12.6. The van der Waals surface area contributed by atoms with Crippen LogP contribution in [0.4, 0.5) is 8.78 Å². The molecule has 1 rings (SSSR count). The fraction of sp³-hybridized carbons (Fsp3) is 0.667. The van der Waals surface area contributed by atoms with Crippen molar-refractivity contribution in [3.63, 3.8) is 0 Å². The van der Waals surface area contributed by atoms with Gasteiger partial charge in [-0.1, -0.05) is 6.92 Å². The number of aryl methyl sites for hydroxylation is 1. The lowest BCUT2D eigenvalue weighted by Crippen LogP contribution is -2.32. The number of likely N-dealkylation sites (N-methyl/N-ethyl adjacent to an activating group) is 1. The number of amides is 1. The van der Waals surface area contributed by atoms with Crippen LogP contribution in [-0.2, 0) is 11.2 Å². The van der Waals surface area contributed by atoms with Crippen LogP contribution < -0.4 is 10.6 Å². The molecule has 19 heavy (non-hydrogen) atoms. The van der Waals surface area contributed by atoms with Crippen molar-refractivity contribution in [1.29, 1.82) is 0 Å². The van der Waals surface area contributed by atoms with Gasteiger partial charge in [0.05, 0.1) is 12.1 Å². The van der Waals surface area contributed by atoms with Crippen LogP contribution in [0.2, 0.25) is 0 Å². The van der Waals surface area contributed by atoms with E-state index >= 15 is 0 Å². The molecule has 0 bridgehead atoms. The highest BCUT2D eigenvalue weighted by atomic mass is 19.3. The van der Waals surface area contributed by atoms with Gasteiger partial charge in [0.1, 0.15) is 0 Å². The van der Waals surface area contributed by atoms with Crippen molar-refractivity contribution in [2.24, 2.45) is 0 Å². The van der Waals surface area contributed by atoms with Crippen LogP contribution in [0, 0.1) is 13.8 Å². The molecule has 0 spiro atoms. The molecule has 0 fully saturated rings. The van der Waals surface area contributed by atoms with Gasteiger partial charge in [-0.15, -0.1) is 0 Å². The molecule has 0 aliphatic carbocycles. The van der Waals surface area contributed by atoms with Crippen molar-refractivity contribution in [1.82, 2.24) is 20.4 Å². The summed E-state index contributed by atoms with van der Waals surface area (Å²) in [4.78, 5) is 11.7. The van der Waals surface area contributed by atoms with Gasteiger partial charge in [0.25, 0.3) is 0 Å². The standard InChI is InChI=1S/C12H20F2N4O/c1-4-15-5-6-16-11(19)7-10-8(2)17-18(9(10)3)12(13)14/h12,15H,4-7H2,1-3H3,(H,16,19). The molecular weight excluding hydrogens is 254 g/mol. The second-order valence-corrected chi connectivity index (χ2v) is 4.25. The fourth-order valence-corrected chi connectivity index (χ4v) is 1.83. The van der Waals surface area contributed by atoms with Gasteiger partial charge >= 0.3 is 6.55 Å². The lowest BCUT2D eigenvalue weighted by molar-refractivity contribution is -0.120. The maximum absolute atomic E-state index is 12.6. The van der Waals surface area contributed by atoms with Gasteiger partial charge in [0.2, 0.25) is 5.91 Å². The topological polar surface area (TPSA) is 58.9 Å². The van der Waals surface area contributed by atoms with Crippen molar-refractivity contribution in [2.75, 3.05) is 19.6 Å². The summed E-state index contributed by atoms with van der Waals surface area (Å²) in [6.45, 7) is 4.54. The van der Waals surface area contributed by atoms with Crippen molar-refractivity contribution >= 4 is 5.91 Å². The third-order valence-electron chi connectivity index (χ3n) is 2.87. The van der Waals surface area contributed by atoms with E-state index in [1.807, 2.05) is 6.92 Å². The summed E-state index contributed by atoms with van der Waals surface area (Å²) in [5.41, 5.74) is 1.38. The van der Waals surface area contributed by atoms with E-state index in [0.717, 1.165) is 6.54 Å². The van der Waals surface area contributed by atoms with Gasteiger partial charge in [-0.25, -0.2) is 4.68 Å². The smallest absolute Gasteiger partial charge is 0.333 e. The monoisotopic (exact) mass is 274 g/mol. The van der Waals surface area contributed by atoms with Crippen LogP contribution >= 0.6 is 0 Å². The number of carbonyl (C=O) groups is 1. The first-order valence-electron chi connectivity index (χ1n) is 6.27. The lowest BCUT2D eigenvalue weighted by Gasteiger charge is -2.06. The van der Waals surface area contributed by atoms with E-state index in [1.165, 1.54) is 0 Å². The van der Waals surface area contributed by atoms with Gasteiger partial charge in [-0.3, -0.25) is 4.79 Å². The minimum atomic E-state index is -2.68. The zero-order valence-corrected chi connectivity index (χ0v) is 11.5. The average Bonchev–Trinajstić information content (AvgIpc) is 2.63. The Labute approximate surface area is 111 Å². The molecule has 1 heterocycles. The van der Waals surface area contributed by atoms with Gasteiger partial charge in [-0.05, 0) is 20.4 Å². The summed E-state index contributed by atoms with van der Waals surface area (Å²) >= 11 is 0. The Morgan fingerprint density at radius 2 is 2.05 bits per heavy atom. The average molecular weight is 274 g/mol. The predicted molar refractivity (Wildman–Crippen MR) is 68.2 cm³/mol. The number of hydrogen-bond acceptors (Lipinski definition) is 3. The van der Waals surface area contributed by atoms with Gasteiger partial charge in [0, 0.05) is 24.3 Å². The second-order valence-electron chi connectivity index (χ2n) is 4.25. The first kappa shape index (κ1) is 15.6. The number of rotatable bonds is 7. The van der Waals surface area contributed by atoms with Gasteiger partial charge < -0.3 is 10.6 Å². The largest absolute Gasteiger partial charge is 0.355 e. The first-order valence-corrected chi connectivity index (χ1v) is 6.27. The molecule has 108 valence electrons. The molecule has 0 radical (unpaired) electrons. The van der Waals surface area contributed by atoms with E-state index in [9.17, 15) is 13.6 Å². The van der Waals surface area contributed by atoms with Crippen molar-refractivity contribution in [3.8, 4) is 0 Å². The fourth-order valence-electron chi connectivity index (χ4n) is 1.83. The highest BCUT2D eigenvalue weighted by Crippen LogP contribution is 2.19. The van der Waals surface area contributed by atoms with Gasteiger partial charge in [0.15, 0.2) is 0 Å². The number of nitrogens with zero attached hydrogens (tertiary/aromatic N) is 2. The van der Waals surface area contributed by atoms with Crippen molar-refractivity contribution in [3.05, 3.63) is 17.0 Å². The summed E-state index contributed by atoms with van der Waals surface area (Å²) in [5, 5.41) is 9.56. The zero-order valence-electron chi connectivity index (χ0n) is 11.5. The number of alkyl halides is 2. The SMILES string of the molecule is CCNCCNC(=O)Cc1c(C)nn(C(F)F)c1C.